The van der Waals surface area contributed by atoms with Crippen molar-refractivity contribution in [1.29, 1.82) is 0 Å². The molecule has 0 spiro atoms. The standard InChI is InChI=1S/C9H15N3O9/c1-16-4-19-10-7(13)11(20-5-17-2)9(15)12(8(10)14)21-6-18-3/h4-6H2,1-3H3. The summed E-state index contributed by atoms with van der Waals surface area (Å²) in [4.78, 5) is 50.0. The highest BCUT2D eigenvalue weighted by molar-refractivity contribution is 4.70. The van der Waals surface area contributed by atoms with Crippen LogP contribution < -0.4 is 31.6 Å². The number of methoxy groups -OCH3 is 3. The maximum atomic E-state index is 11.9. The molecule has 0 atom stereocenters. The van der Waals surface area contributed by atoms with Crippen molar-refractivity contribution >= 4 is 0 Å². The summed E-state index contributed by atoms with van der Waals surface area (Å²) >= 11 is 0. The summed E-state index contributed by atoms with van der Waals surface area (Å²) in [5, 5.41) is 0. The summed E-state index contributed by atoms with van der Waals surface area (Å²) in [7, 11) is 3.84. The van der Waals surface area contributed by atoms with Crippen molar-refractivity contribution in [3.05, 3.63) is 31.5 Å². The molecule has 0 fully saturated rings. The molecule has 1 rings (SSSR count). The van der Waals surface area contributed by atoms with Gasteiger partial charge in [-0.15, -0.1) is 0 Å². The Morgan fingerprint density at radius 1 is 0.619 bits per heavy atom. The van der Waals surface area contributed by atoms with Crippen molar-refractivity contribution in [1.82, 2.24) is 14.2 Å². The van der Waals surface area contributed by atoms with Gasteiger partial charge in [-0.2, -0.15) is 0 Å². The number of ether oxygens (including phenoxy) is 3. The molecule has 0 saturated heterocycles. The van der Waals surface area contributed by atoms with Gasteiger partial charge in [0.25, 0.3) is 0 Å². The Bertz CT molecular complexity index is 500. The lowest BCUT2D eigenvalue weighted by Gasteiger charge is -2.13. The Morgan fingerprint density at radius 2 is 0.857 bits per heavy atom. The Kier molecular flexibility index (Phi) is 6.45. The summed E-state index contributed by atoms with van der Waals surface area (Å²) in [6.45, 7) is -1.24. The van der Waals surface area contributed by atoms with E-state index in [0.717, 1.165) is 0 Å². The molecule has 120 valence electrons. The number of aromatic nitrogens is 3. The number of hydrogen-bond acceptors (Lipinski definition) is 9. The third kappa shape index (κ3) is 3.84. The average molecular weight is 309 g/mol. The van der Waals surface area contributed by atoms with Crippen LogP contribution in [0.25, 0.3) is 0 Å². The van der Waals surface area contributed by atoms with Crippen LogP contribution in [0.4, 0.5) is 0 Å². The summed E-state index contributed by atoms with van der Waals surface area (Å²) < 4.78 is 14.4. The summed E-state index contributed by atoms with van der Waals surface area (Å²) in [6, 6.07) is 0. The first-order valence-corrected chi connectivity index (χ1v) is 5.46. The minimum atomic E-state index is -1.18. The molecule has 0 amide bonds. The van der Waals surface area contributed by atoms with Crippen LogP contribution in [0.3, 0.4) is 0 Å². The molecule has 0 aliphatic carbocycles. The highest BCUT2D eigenvalue weighted by atomic mass is 16.8. The van der Waals surface area contributed by atoms with E-state index in [-0.39, 0.29) is 14.2 Å². The highest BCUT2D eigenvalue weighted by Gasteiger charge is 2.19. The van der Waals surface area contributed by atoms with E-state index in [1.54, 1.807) is 0 Å². The second-order valence-electron chi connectivity index (χ2n) is 3.34. The SMILES string of the molecule is COCOn1c(=O)n(OCOC)c(=O)n(OCOC)c1=O. The van der Waals surface area contributed by atoms with Gasteiger partial charge in [0.1, 0.15) is 0 Å². The molecule has 1 aromatic rings. The Balaban J connectivity index is 3.39. The van der Waals surface area contributed by atoms with Gasteiger partial charge in [-0.05, 0) is 0 Å². The van der Waals surface area contributed by atoms with Crippen LogP contribution in [-0.4, -0.2) is 55.9 Å². The number of hydrogen-bond donors (Lipinski definition) is 0. The van der Waals surface area contributed by atoms with Crippen molar-refractivity contribution in [3.8, 4) is 0 Å². The molecule has 0 N–H and O–H groups in total. The van der Waals surface area contributed by atoms with Crippen molar-refractivity contribution in [3.63, 3.8) is 0 Å². The van der Waals surface area contributed by atoms with E-state index in [1.807, 2.05) is 0 Å². The third-order valence-corrected chi connectivity index (χ3v) is 1.94. The van der Waals surface area contributed by atoms with E-state index in [1.165, 1.54) is 21.3 Å². The fourth-order valence-corrected chi connectivity index (χ4v) is 1.14. The van der Waals surface area contributed by atoms with Crippen LogP contribution in [0.2, 0.25) is 0 Å². The average Bonchev–Trinajstić information content (AvgIpc) is 2.47. The quantitative estimate of drug-likeness (QED) is 0.424. The maximum Gasteiger partial charge on any atom is 0.404 e. The largest absolute Gasteiger partial charge is 0.404 e. The van der Waals surface area contributed by atoms with Gasteiger partial charge < -0.3 is 28.7 Å². The van der Waals surface area contributed by atoms with E-state index >= 15 is 0 Å². The molecule has 0 radical (unpaired) electrons. The molecular formula is C9H15N3O9. The molecule has 0 saturated carbocycles. The Labute approximate surface area is 117 Å². The molecule has 0 bridgehead atoms. The van der Waals surface area contributed by atoms with E-state index in [4.69, 9.17) is 14.5 Å². The van der Waals surface area contributed by atoms with Crippen LogP contribution in [0.1, 0.15) is 0 Å². The van der Waals surface area contributed by atoms with Crippen LogP contribution in [0.5, 0.6) is 0 Å². The molecular weight excluding hydrogens is 294 g/mol. The van der Waals surface area contributed by atoms with E-state index < -0.39 is 37.4 Å². The minimum absolute atomic E-state index is 0.232. The molecule has 1 heterocycles. The molecule has 0 aromatic carbocycles. The van der Waals surface area contributed by atoms with Gasteiger partial charge in [-0.1, -0.05) is 14.2 Å². The van der Waals surface area contributed by atoms with E-state index in [2.05, 4.69) is 14.2 Å². The zero-order valence-electron chi connectivity index (χ0n) is 11.6. The second-order valence-corrected chi connectivity index (χ2v) is 3.34. The molecule has 12 heteroatoms. The first-order chi connectivity index (χ1) is 10.1. The van der Waals surface area contributed by atoms with Crippen molar-refractivity contribution < 1.29 is 28.7 Å². The molecule has 1 aromatic heterocycles. The first-order valence-electron chi connectivity index (χ1n) is 5.46. The monoisotopic (exact) mass is 309 g/mol. The first kappa shape index (κ1) is 16.7. The molecule has 21 heavy (non-hydrogen) atoms. The third-order valence-electron chi connectivity index (χ3n) is 1.94. The van der Waals surface area contributed by atoms with Gasteiger partial charge in [-0.25, -0.2) is 14.4 Å². The second kappa shape index (κ2) is 8.08. The molecule has 0 aliphatic heterocycles. The lowest BCUT2D eigenvalue weighted by molar-refractivity contribution is -0.106. The lowest BCUT2D eigenvalue weighted by atomic mass is 11.0. The predicted molar refractivity (Wildman–Crippen MR) is 64.6 cm³/mol. The van der Waals surface area contributed by atoms with Gasteiger partial charge >= 0.3 is 17.1 Å². The maximum absolute atomic E-state index is 11.9. The summed E-state index contributed by atoms with van der Waals surface area (Å²) in [5.41, 5.74) is -3.55. The normalized spacial score (nSPS) is 10.4. The number of rotatable bonds is 9. The summed E-state index contributed by atoms with van der Waals surface area (Å²) in [5.74, 6) is 0. The zero-order chi connectivity index (χ0) is 15.8. The Morgan fingerprint density at radius 3 is 1.05 bits per heavy atom. The molecule has 0 aliphatic rings. The van der Waals surface area contributed by atoms with Crippen LogP contribution in [-0.2, 0) is 14.2 Å². The summed E-state index contributed by atoms with van der Waals surface area (Å²) in [6.07, 6.45) is 0. The molecule has 0 unspecified atom stereocenters. The van der Waals surface area contributed by atoms with Crippen LogP contribution in [0, 0.1) is 0 Å². The fraction of sp³-hybridized carbons (Fsp3) is 0.667. The predicted octanol–water partition coefficient (Wildman–Crippen LogP) is -3.73. The Hall–Kier alpha value is -2.31. The topological polar surface area (TPSA) is 121 Å². The van der Waals surface area contributed by atoms with Gasteiger partial charge in [0.15, 0.2) is 0 Å². The van der Waals surface area contributed by atoms with Crippen molar-refractivity contribution in [2.45, 2.75) is 0 Å². The molecule has 12 nitrogen and oxygen atoms in total. The lowest BCUT2D eigenvalue weighted by Crippen LogP contribution is -2.60. The van der Waals surface area contributed by atoms with Gasteiger partial charge in [0.2, 0.25) is 20.4 Å². The minimum Gasteiger partial charge on any atom is -0.376 e. The van der Waals surface area contributed by atoms with Crippen molar-refractivity contribution in [2.24, 2.45) is 0 Å². The number of nitrogens with zero attached hydrogens (tertiary/aromatic N) is 3. The van der Waals surface area contributed by atoms with Crippen LogP contribution in [0.15, 0.2) is 14.4 Å². The smallest absolute Gasteiger partial charge is 0.376 e. The van der Waals surface area contributed by atoms with Gasteiger partial charge in [-0.3, -0.25) is 0 Å². The van der Waals surface area contributed by atoms with E-state index in [9.17, 15) is 14.4 Å². The zero-order valence-corrected chi connectivity index (χ0v) is 11.6. The van der Waals surface area contributed by atoms with Crippen LogP contribution >= 0.6 is 0 Å². The van der Waals surface area contributed by atoms with Gasteiger partial charge in [0, 0.05) is 21.3 Å². The van der Waals surface area contributed by atoms with E-state index in [0.29, 0.717) is 0 Å². The fourth-order valence-electron chi connectivity index (χ4n) is 1.14. The highest BCUT2D eigenvalue weighted by Crippen LogP contribution is 1.72. The van der Waals surface area contributed by atoms with Crippen molar-refractivity contribution in [2.75, 3.05) is 41.7 Å². The van der Waals surface area contributed by atoms with Gasteiger partial charge in [0.05, 0.1) is 0 Å².